The summed E-state index contributed by atoms with van der Waals surface area (Å²) in [6, 6.07) is 13.2. The number of anilines is 5. The van der Waals surface area contributed by atoms with Crippen molar-refractivity contribution in [3.8, 4) is 16.9 Å². The minimum absolute atomic E-state index is 0.00654. The van der Waals surface area contributed by atoms with Crippen LogP contribution < -0.4 is 57.9 Å². The molecule has 123 heavy (non-hydrogen) atoms. The minimum Gasteiger partial charge on any atom is -0.495 e. The van der Waals surface area contributed by atoms with Crippen molar-refractivity contribution in [2.75, 3.05) is 166 Å². The number of carbonyl (C=O) groups is 9. The molecule has 1 aliphatic rings. The lowest BCUT2D eigenvalue weighted by molar-refractivity contribution is -0.124. The molecule has 9 amide bonds. The molecule has 41 heteroatoms. The molecule has 664 valence electrons. The Bertz CT molecular complexity index is 5000. The van der Waals surface area contributed by atoms with Crippen LogP contribution in [-0.4, -0.2) is 251 Å². The number of hydrogen-bond donors (Lipinski definition) is 10. The molecule has 0 radical (unpaired) electrons. The zero-order valence-electron chi connectivity index (χ0n) is 70.5. The standard InChI is InChI=1S/C82H110ClN21O19/c1-53-73(54(2)123-98-53)57-20-26-104-68(45-57)93-62(15-11-55-12-16-65(114-8)61(83)43-55)74(104)90-58-13-9-56(10-14-58)44-72(108)89-52-122-42-41-121-40-39-120-38-37-119-36-35-118-34-33-117-32-31-116-30-29-115-28-25-84-69(105)17-21-88-80(111)76-96-66(50-102(76)6)94-70(106)18-22-87-79(110)64-47-60(49-101(64)5)92-82(113)77-97-67(51-103(77)7)95-71(107)19-23-86-78(109)63-46-59(48-100(63)4)91-81(112)75-85-24-27-99(75)3/h12,16,20,24,26-27,43,45-51,56,58,90H,9-11,13-15,17-19,21-23,25,28-42,44,52H2,1-8H3,(H,84,105)(H,86,109)(H,87,110)(H,88,111)(H,89,108)(H,91,112)(H,92,113)(H,94,106)(H,95,107). The molecule has 0 atom stereocenters. The highest BCUT2D eigenvalue weighted by Gasteiger charge is 2.28. The van der Waals surface area contributed by atoms with Gasteiger partial charge in [0.15, 0.2) is 17.5 Å². The van der Waals surface area contributed by atoms with Crippen molar-refractivity contribution < 1.29 is 90.3 Å². The Morgan fingerprint density at radius 1 is 0.488 bits per heavy atom. The summed E-state index contributed by atoms with van der Waals surface area (Å²) in [5.74, 6) is -1.01. The third-order valence-electron chi connectivity index (χ3n) is 19.7. The number of hydrogen-bond acceptors (Lipinski definition) is 25. The summed E-state index contributed by atoms with van der Waals surface area (Å²) in [6.07, 6.45) is 16.5. The maximum Gasteiger partial charge on any atom is 0.291 e. The van der Waals surface area contributed by atoms with Gasteiger partial charge in [-0.05, 0) is 106 Å². The van der Waals surface area contributed by atoms with Crippen molar-refractivity contribution in [2.45, 2.75) is 84.1 Å². The van der Waals surface area contributed by atoms with E-state index in [1.165, 1.54) is 55.2 Å². The van der Waals surface area contributed by atoms with Gasteiger partial charge in [-0.1, -0.05) is 22.8 Å². The number of nitrogens with zero attached hydrogens (tertiary/aromatic N) is 11. The van der Waals surface area contributed by atoms with Crippen molar-refractivity contribution in [1.29, 1.82) is 0 Å². The number of halogens is 1. The van der Waals surface area contributed by atoms with Gasteiger partial charge in [-0.3, -0.25) is 47.6 Å². The van der Waals surface area contributed by atoms with Crippen LogP contribution in [0.2, 0.25) is 5.02 Å². The van der Waals surface area contributed by atoms with Crippen LogP contribution >= 0.6 is 11.6 Å². The summed E-state index contributed by atoms with van der Waals surface area (Å²) in [4.78, 5) is 133. The molecule has 0 bridgehead atoms. The summed E-state index contributed by atoms with van der Waals surface area (Å²) in [7, 11) is 9.65. The highest BCUT2D eigenvalue weighted by atomic mass is 35.5. The van der Waals surface area contributed by atoms with Gasteiger partial charge in [0.1, 0.15) is 41.1 Å². The molecule has 0 saturated heterocycles. The molecule has 10 rings (SSSR count). The van der Waals surface area contributed by atoms with Gasteiger partial charge in [0.2, 0.25) is 35.3 Å². The number of carbonyl (C=O) groups excluding carboxylic acids is 9. The number of aryl methyl sites for hydroxylation is 9. The van der Waals surface area contributed by atoms with Crippen molar-refractivity contribution in [1.82, 2.24) is 78.9 Å². The third kappa shape index (κ3) is 29.2. The van der Waals surface area contributed by atoms with Crippen LogP contribution in [-0.2, 0) is 105 Å². The minimum atomic E-state index is -0.640. The molecule has 0 spiro atoms. The molecule has 8 aromatic heterocycles. The quantitative estimate of drug-likeness (QED) is 0.0167. The number of amides is 9. The van der Waals surface area contributed by atoms with E-state index < -0.39 is 41.4 Å². The van der Waals surface area contributed by atoms with Gasteiger partial charge in [0, 0.05) is 142 Å². The van der Waals surface area contributed by atoms with Crippen LogP contribution in [0.1, 0.15) is 127 Å². The molecule has 8 heterocycles. The van der Waals surface area contributed by atoms with E-state index in [2.05, 4.69) is 96.0 Å². The lowest BCUT2D eigenvalue weighted by atomic mass is 9.84. The summed E-state index contributed by atoms with van der Waals surface area (Å²) in [5.41, 5.74) is 6.75. The first-order valence-electron chi connectivity index (χ1n) is 40.6. The SMILES string of the molecule is COc1ccc(CCc2nc3cc(-c4c(C)noc4C)ccn3c2NC2CCC(CC(=O)NCOCCOCCOCCOCCOCCOCCOCCOCCNC(=O)CCNC(=O)c3nc(NC(=O)CCNC(=O)c4cc(NC(=O)c5nc(NC(=O)CCNC(=O)c6cc(NC(=O)c7nccn7C)cn6C)cn5C)cn4C)cn3C)CC2)cc1Cl. The fourth-order valence-electron chi connectivity index (χ4n) is 13.4. The van der Waals surface area contributed by atoms with E-state index in [1.54, 1.807) is 59.3 Å². The van der Waals surface area contributed by atoms with Gasteiger partial charge < -0.3 is 123 Å². The smallest absolute Gasteiger partial charge is 0.291 e. The first-order chi connectivity index (χ1) is 59.5. The van der Waals surface area contributed by atoms with Gasteiger partial charge in [-0.2, -0.15) is 0 Å². The first kappa shape index (κ1) is 93.4. The number of fused-ring (bicyclic) bond motifs is 1. The van der Waals surface area contributed by atoms with Crippen molar-refractivity contribution >= 4 is 99.2 Å². The van der Waals surface area contributed by atoms with Gasteiger partial charge in [-0.25, -0.2) is 19.9 Å². The number of pyridine rings is 1. The highest BCUT2D eigenvalue weighted by molar-refractivity contribution is 6.32. The fourth-order valence-corrected chi connectivity index (χ4v) is 13.7. The highest BCUT2D eigenvalue weighted by Crippen LogP contribution is 2.34. The second-order valence-corrected chi connectivity index (χ2v) is 29.4. The van der Waals surface area contributed by atoms with Crippen LogP contribution in [0.15, 0.2) is 90.4 Å². The van der Waals surface area contributed by atoms with E-state index in [1.807, 2.05) is 32.0 Å². The number of aromatic nitrogens is 11. The molecule has 1 aliphatic carbocycles. The Labute approximate surface area is 715 Å². The van der Waals surface area contributed by atoms with Crippen LogP contribution in [0, 0.1) is 19.8 Å². The first-order valence-corrected chi connectivity index (χ1v) is 41.0. The lowest BCUT2D eigenvalue weighted by Crippen LogP contribution is -2.33. The number of benzene rings is 1. The molecule has 1 fully saturated rings. The number of imidazole rings is 4. The molecule has 0 aliphatic heterocycles. The molecule has 1 saturated carbocycles. The van der Waals surface area contributed by atoms with Crippen LogP contribution in [0.4, 0.5) is 28.8 Å². The van der Waals surface area contributed by atoms with E-state index >= 15 is 0 Å². The second-order valence-electron chi connectivity index (χ2n) is 29.0. The molecular weight excluding hydrogens is 1620 g/mol. The molecule has 9 aromatic rings. The van der Waals surface area contributed by atoms with Crippen molar-refractivity contribution in [3.05, 3.63) is 142 Å². The van der Waals surface area contributed by atoms with Crippen molar-refractivity contribution in [2.24, 2.45) is 41.2 Å². The predicted octanol–water partition coefficient (Wildman–Crippen LogP) is 5.46. The van der Waals surface area contributed by atoms with Crippen LogP contribution in [0.3, 0.4) is 0 Å². The van der Waals surface area contributed by atoms with Crippen molar-refractivity contribution in [3.63, 3.8) is 0 Å². The van der Waals surface area contributed by atoms with E-state index in [9.17, 15) is 43.2 Å². The lowest BCUT2D eigenvalue weighted by Gasteiger charge is -2.29. The Kier molecular flexibility index (Phi) is 36.5. The molecule has 10 N–H and O–H groups in total. The number of methoxy groups -OCH3 is 1. The zero-order valence-corrected chi connectivity index (χ0v) is 71.3. The van der Waals surface area contributed by atoms with Crippen LogP contribution in [0.5, 0.6) is 5.75 Å². The number of nitrogens with one attached hydrogen (secondary N) is 10. The van der Waals surface area contributed by atoms with E-state index in [0.29, 0.717) is 122 Å². The van der Waals surface area contributed by atoms with Gasteiger partial charge in [0.25, 0.3) is 29.5 Å². The Hall–Kier alpha value is -11.9. The maximum absolute atomic E-state index is 13.3. The second kappa shape index (κ2) is 48.1. The van der Waals surface area contributed by atoms with E-state index in [0.717, 1.165) is 77.4 Å². The average Bonchev–Trinajstić information content (AvgIpc) is 1.63. The molecule has 0 unspecified atom stereocenters. The topological polar surface area (TPSA) is 464 Å². The molecule has 40 nitrogen and oxygen atoms in total. The third-order valence-corrected chi connectivity index (χ3v) is 20.0. The largest absolute Gasteiger partial charge is 0.495 e. The normalized spacial score (nSPS) is 13.2. The van der Waals surface area contributed by atoms with E-state index in [-0.39, 0.29) is 129 Å². The van der Waals surface area contributed by atoms with Gasteiger partial charge in [-0.15, -0.1) is 0 Å². The Morgan fingerprint density at radius 2 is 1.00 bits per heavy atom. The summed E-state index contributed by atoms with van der Waals surface area (Å²) in [6.45, 7) is 9.76. The predicted molar refractivity (Wildman–Crippen MR) is 452 cm³/mol. The number of rotatable bonds is 53. The average molecular weight is 1730 g/mol. The number of ether oxygens (including phenoxy) is 9. The van der Waals surface area contributed by atoms with Gasteiger partial charge in [0.05, 0.1) is 134 Å². The van der Waals surface area contributed by atoms with Crippen LogP contribution in [0.25, 0.3) is 16.8 Å². The van der Waals surface area contributed by atoms with Gasteiger partial charge >= 0.3 is 0 Å². The van der Waals surface area contributed by atoms with E-state index in [4.69, 9.17) is 63.7 Å². The monoisotopic (exact) mass is 1730 g/mol. The zero-order chi connectivity index (χ0) is 87.6. The summed E-state index contributed by atoms with van der Waals surface area (Å²) >= 11 is 6.47. The Balaban J connectivity index is 0.465. The summed E-state index contributed by atoms with van der Waals surface area (Å²) < 4.78 is 64.9. The maximum atomic E-state index is 13.3. The molecule has 1 aromatic carbocycles. The summed E-state index contributed by atoms with van der Waals surface area (Å²) in [5, 5.41) is 32.8. The Morgan fingerprint density at radius 3 is 1.51 bits per heavy atom. The molecular formula is C82H110ClN21O19. The fraction of sp³-hybridized carbons (Fsp3) is 0.488.